The molecule has 1 aliphatic rings. The van der Waals surface area contributed by atoms with E-state index in [4.69, 9.17) is 4.74 Å². The summed E-state index contributed by atoms with van der Waals surface area (Å²) in [6.45, 7) is 4.75. The second-order valence-electron chi connectivity index (χ2n) is 11.3. The zero-order chi connectivity index (χ0) is 33.5. The number of aliphatic hydroxyl groups is 1. The van der Waals surface area contributed by atoms with Crippen LogP contribution in [0.15, 0.2) is 113 Å². The second kappa shape index (κ2) is 12.5. The number of aliphatic hydroxyl groups excluding tert-OH is 1. The number of sulfonamides is 1. The Balaban J connectivity index is 1.58. The molecule has 13 nitrogen and oxygen atoms in total. The Morgan fingerprint density at radius 2 is 1.53 bits per heavy atom. The van der Waals surface area contributed by atoms with Crippen LogP contribution in [0, 0.1) is 20.8 Å². The van der Waals surface area contributed by atoms with Crippen LogP contribution in [0.4, 0.5) is 0 Å². The third kappa shape index (κ3) is 6.10. The van der Waals surface area contributed by atoms with Crippen molar-refractivity contribution >= 4 is 19.8 Å². The van der Waals surface area contributed by atoms with Crippen LogP contribution in [-0.2, 0) is 24.5 Å². The standard InChI is InChI=1S/C32H32N6O7S2/c1-20-9-13-24(14-10-20)46(42,36-47(43,44)25-15-11-21(2)12-16-25)31-29(23-7-5-4-6-8-23)38(35-34-31)26-17-28(45-27(26)19-39)37-18-22(3)30(40)33-32(37)41/h4-16,18,26-28,39H,17,19H2,1-3H3,(H,33,40,41)/t26-,27+,28+,46?/m0/s1. The van der Waals surface area contributed by atoms with Crippen LogP contribution in [0.3, 0.4) is 0 Å². The van der Waals surface area contributed by atoms with E-state index in [1.54, 1.807) is 73.7 Å². The van der Waals surface area contributed by atoms with E-state index >= 15 is 4.21 Å². The minimum atomic E-state index is -4.48. The van der Waals surface area contributed by atoms with E-state index in [0.717, 1.165) is 11.1 Å². The van der Waals surface area contributed by atoms with Gasteiger partial charge in [-0.3, -0.25) is 14.3 Å². The highest BCUT2D eigenvalue weighted by molar-refractivity contribution is 8.03. The van der Waals surface area contributed by atoms with Gasteiger partial charge in [-0.15, -0.1) is 5.10 Å². The number of nitrogens with one attached hydrogen (secondary N) is 1. The molecule has 0 amide bonds. The lowest BCUT2D eigenvalue weighted by Crippen LogP contribution is -2.33. The lowest BCUT2D eigenvalue weighted by molar-refractivity contribution is -0.0322. The maximum Gasteiger partial charge on any atom is 0.330 e. The van der Waals surface area contributed by atoms with Crippen molar-refractivity contribution in [3.05, 3.63) is 123 Å². The molecule has 0 saturated carbocycles. The van der Waals surface area contributed by atoms with Crippen LogP contribution in [0.2, 0.25) is 0 Å². The van der Waals surface area contributed by atoms with Crippen molar-refractivity contribution in [3.8, 4) is 11.3 Å². The Bertz CT molecular complexity index is 2290. The Hall–Kier alpha value is -4.70. The van der Waals surface area contributed by atoms with Gasteiger partial charge in [0.1, 0.15) is 27.8 Å². The largest absolute Gasteiger partial charge is 0.394 e. The molecule has 2 aromatic heterocycles. The number of benzene rings is 3. The molecule has 0 bridgehead atoms. The number of hydrogen-bond donors (Lipinski definition) is 2. The van der Waals surface area contributed by atoms with Gasteiger partial charge in [0.05, 0.1) is 22.4 Å². The summed E-state index contributed by atoms with van der Waals surface area (Å²) in [5, 5.41) is 18.9. The smallest absolute Gasteiger partial charge is 0.330 e. The molecule has 0 radical (unpaired) electrons. The molecule has 0 spiro atoms. The van der Waals surface area contributed by atoms with Crippen molar-refractivity contribution < 1.29 is 22.5 Å². The molecule has 3 aromatic carbocycles. The zero-order valence-electron chi connectivity index (χ0n) is 25.7. The van der Waals surface area contributed by atoms with Gasteiger partial charge in [0.25, 0.3) is 15.6 Å². The highest BCUT2D eigenvalue weighted by Crippen LogP contribution is 2.41. The first-order valence-corrected chi connectivity index (χ1v) is 17.6. The Morgan fingerprint density at radius 3 is 2.15 bits per heavy atom. The van der Waals surface area contributed by atoms with Crippen molar-refractivity contribution in [3.63, 3.8) is 0 Å². The number of hydrogen-bond acceptors (Lipinski definition) is 9. The number of ether oxygens (including phenoxy) is 1. The van der Waals surface area contributed by atoms with Crippen molar-refractivity contribution in [1.82, 2.24) is 24.5 Å². The number of H-pyrrole nitrogens is 1. The van der Waals surface area contributed by atoms with Gasteiger partial charge in [0, 0.05) is 23.7 Å². The van der Waals surface area contributed by atoms with Crippen molar-refractivity contribution in [2.45, 2.75) is 60.4 Å². The van der Waals surface area contributed by atoms with Crippen molar-refractivity contribution in [1.29, 1.82) is 0 Å². The molecule has 5 aromatic rings. The molecule has 0 aliphatic carbocycles. The second-order valence-corrected chi connectivity index (χ2v) is 15.3. The Kier molecular flexibility index (Phi) is 8.57. The number of aromatic nitrogens is 5. The maximum atomic E-state index is 15.3. The van der Waals surface area contributed by atoms with Gasteiger partial charge in [-0.1, -0.05) is 74.7 Å². The molecule has 1 fully saturated rings. The van der Waals surface area contributed by atoms with E-state index in [2.05, 4.69) is 19.1 Å². The SMILES string of the molecule is Cc1ccc(S(=O)(=O)N=S(=O)(c2ccc(C)cc2)c2nnn([C@H]3C[C@H](n4cc(C)c(=O)[nH]c4=O)O[C@@H]3CO)c2-c2ccccc2)cc1. The predicted molar refractivity (Wildman–Crippen MR) is 173 cm³/mol. The molecular formula is C32H32N6O7S2. The van der Waals surface area contributed by atoms with Crippen LogP contribution in [0.5, 0.6) is 0 Å². The van der Waals surface area contributed by atoms with Crippen LogP contribution in [-0.4, -0.2) is 55.0 Å². The summed E-state index contributed by atoms with van der Waals surface area (Å²) in [7, 11) is -8.51. The summed E-state index contributed by atoms with van der Waals surface area (Å²) in [5.74, 6) is 0. The first kappa shape index (κ1) is 32.2. The maximum absolute atomic E-state index is 15.3. The van der Waals surface area contributed by atoms with Crippen LogP contribution >= 0.6 is 0 Å². The molecule has 1 saturated heterocycles. The van der Waals surface area contributed by atoms with E-state index in [-0.39, 0.29) is 26.9 Å². The molecule has 15 heteroatoms. The number of aromatic amines is 1. The Morgan fingerprint density at radius 1 is 0.915 bits per heavy atom. The van der Waals surface area contributed by atoms with Gasteiger partial charge >= 0.3 is 5.69 Å². The molecule has 1 unspecified atom stereocenters. The lowest BCUT2D eigenvalue weighted by Gasteiger charge is -2.19. The highest BCUT2D eigenvalue weighted by Gasteiger charge is 2.41. The predicted octanol–water partition coefficient (Wildman–Crippen LogP) is 3.52. The number of rotatable bonds is 8. The summed E-state index contributed by atoms with van der Waals surface area (Å²) in [5.41, 5.74) is 1.49. The summed E-state index contributed by atoms with van der Waals surface area (Å²) in [6.07, 6.45) is -0.319. The molecule has 3 heterocycles. The fourth-order valence-electron chi connectivity index (χ4n) is 5.46. The van der Waals surface area contributed by atoms with Gasteiger partial charge in [0.2, 0.25) is 0 Å². The van der Waals surface area contributed by atoms with Gasteiger partial charge in [-0.25, -0.2) is 13.7 Å². The summed E-state index contributed by atoms with van der Waals surface area (Å²) in [4.78, 5) is 26.9. The van der Waals surface area contributed by atoms with E-state index in [1.807, 2.05) is 13.8 Å². The van der Waals surface area contributed by atoms with Crippen LogP contribution < -0.4 is 11.2 Å². The van der Waals surface area contributed by atoms with Crippen LogP contribution in [0.25, 0.3) is 11.3 Å². The molecule has 6 rings (SSSR count). The number of nitrogens with zero attached hydrogens (tertiary/aromatic N) is 5. The minimum absolute atomic E-state index is 0.101. The van der Waals surface area contributed by atoms with Gasteiger partial charge in [-0.2, -0.15) is 8.42 Å². The molecule has 1 aliphatic heterocycles. The molecule has 47 heavy (non-hydrogen) atoms. The topological polar surface area (TPSA) is 179 Å². The number of aryl methyl sites for hydroxylation is 3. The normalized spacial score (nSPS) is 19.4. The van der Waals surface area contributed by atoms with E-state index < -0.39 is 56.0 Å². The molecule has 244 valence electrons. The third-order valence-corrected chi connectivity index (χ3v) is 12.2. The van der Waals surface area contributed by atoms with Crippen LogP contribution in [0.1, 0.15) is 35.4 Å². The minimum Gasteiger partial charge on any atom is -0.394 e. The Labute approximate surface area is 270 Å². The molecule has 2 N–H and O–H groups in total. The third-order valence-electron chi connectivity index (χ3n) is 7.99. The van der Waals surface area contributed by atoms with Crippen molar-refractivity contribution in [2.24, 2.45) is 3.77 Å². The monoisotopic (exact) mass is 676 g/mol. The lowest BCUT2D eigenvalue weighted by atomic mass is 10.1. The van der Waals surface area contributed by atoms with Gasteiger partial charge in [0.15, 0.2) is 5.03 Å². The van der Waals surface area contributed by atoms with E-state index in [1.165, 1.54) is 27.6 Å². The van der Waals surface area contributed by atoms with Gasteiger partial charge < -0.3 is 9.84 Å². The first-order valence-electron chi connectivity index (χ1n) is 14.7. The quantitative estimate of drug-likeness (QED) is 0.249. The summed E-state index contributed by atoms with van der Waals surface area (Å²) in [6, 6.07) is 20.6. The van der Waals surface area contributed by atoms with Crippen molar-refractivity contribution in [2.75, 3.05) is 6.61 Å². The average molecular weight is 677 g/mol. The fraction of sp³-hybridized carbons (Fsp3) is 0.250. The average Bonchev–Trinajstić information content (AvgIpc) is 3.68. The molecule has 4 atom stereocenters. The van der Waals surface area contributed by atoms with Gasteiger partial charge in [-0.05, 0) is 45.0 Å². The van der Waals surface area contributed by atoms with E-state index in [0.29, 0.717) is 11.1 Å². The highest BCUT2D eigenvalue weighted by atomic mass is 32.3. The fourth-order valence-corrected chi connectivity index (χ4v) is 9.37. The van der Waals surface area contributed by atoms with E-state index in [9.17, 15) is 23.1 Å². The molecular weight excluding hydrogens is 645 g/mol. The zero-order valence-corrected chi connectivity index (χ0v) is 27.3. The summed E-state index contributed by atoms with van der Waals surface area (Å²) >= 11 is 0. The summed E-state index contributed by atoms with van der Waals surface area (Å²) < 4.78 is 55.7. The first-order chi connectivity index (χ1) is 22.4.